The Kier molecular flexibility index (Phi) is 3.67. The van der Waals surface area contributed by atoms with E-state index in [4.69, 9.17) is 0 Å². The van der Waals surface area contributed by atoms with Gasteiger partial charge in [-0.1, -0.05) is 0 Å². The van der Waals surface area contributed by atoms with Crippen molar-refractivity contribution in [1.82, 2.24) is 4.98 Å². The Hall–Kier alpha value is -2.00. The van der Waals surface area contributed by atoms with Crippen LogP contribution in [0.2, 0.25) is 0 Å². The topological polar surface area (TPSA) is 65.3 Å². The van der Waals surface area contributed by atoms with Gasteiger partial charge < -0.3 is 14.9 Å². The lowest BCUT2D eigenvalue weighted by Gasteiger charge is -2.12. The van der Waals surface area contributed by atoms with Crippen LogP contribution >= 0.6 is 0 Å². The molecule has 0 spiro atoms. The maximum absolute atomic E-state index is 12.6. The van der Waals surface area contributed by atoms with E-state index < -0.39 is 34.8 Å². The molecule has 1 aromatic heterocycles. The fourth-order valence-corrected chi connectivity index (χ4v) is 1.19. The van der Waals surface area contributed by atoms with Crippen LogP contribution in [-0.2, 0) is 0 Å². The third kappa shape index (κ3) is 3.25. The minimum absolute atomic E-state index is 0.245. The molecule has 0 aliphatic rings. The van der Waals surface area contributed by atoms with Gasteiger partial charge in [0, 0.05) is 13.0 Å². The molecule has 18 heavy (non-hydrogen) atoms. The zero-order valence-corrected chi connectivity index (χ0v) is 8.66. The number of alkyl halides is 5. The molecule has 100 valence electrons. The second kappa shape index (κ2) is 4.70. The Bertz CT molecular complexity index is 475. The second-order valence-corrected chi connectivity index (χ2v) is 3.10. The third-order valence-electron chi connectivity index (χ3n) is 1.75. The first-order valence-electron chi connectivity index (χ1n) is 4.31. The van der Waals surface area contributed by atoms with Gasteiger partial charge in [0.1, 0.15) is 0 Å². The summed E-state index contributed by atoms with van der Waals surface area (Å²) in [7, 11) is 0. The molecule has 0 saturated heterocycles. The lowest BCUT2D eigenvalue weighted by Crippen LogP contribution is -2.19. The maximum atomic E-state index is 12.6. The number of halogens is 5. The van der Waals surface area contributed by atoms with E-state index in [-0.39, 0.29) is 5.69 Å². The van der Waals surface area contributed by atoms with Crippen molar-refractivity contribution in [3.8, 4) is 5.75 Å². The smallest absolute Gasteiger partial charge is 0.405 e. The first-order valence-corrected chi connectivity index (χ1v) is 4.31. The fourth-order valence-electron chi connectivity index (χ4n) is 1.19. The number of aromatic nitrogens is 1. The summed E-state index contributed by atoms with van der Waals surface area (Å²) in [5.41, 5.74) is -1.74. The minimum atomic E-state index is -5.23. The summed E-state index contributed by atoms with van der Waals surface area (Å²) < 4.78 is 64.4. The molecule has 1 heterocycles. The number of ether oxygens (including phenoxy) is 1. The molecule has 0 amide bonds. The number of pyridine rings is 1. The molecule has 0 aromatic carbocycles. The van der Waals surface area contributed by atoms with E-state index >= 15 is 0 Å². The molecule has 1 rings (SSSR count). The summed E-state index contributed by atoms with van der Waals surface area (Å²) in [4.78, 5) is 12.3. The molecule has 10 heteroatoms. The van der Waals surface area contributed by atoms with Crippen LogP contribution in [0.4, 0.5) is 27.8 Å². The summed E-state index contributed by atoms with van der Waals surface area (Å²) in [6.07, 6.45) is -8.75. The van der Waals surface area contributed by atoms with Crippen LogP contribution in [0.3, 0.4) is 0 Å². The number of nitro groups is 1. The van der Waals surface area contributed by atoms with Gasteiger partial charge in [-0.15, -0.1) is 13.2 Å². The van der Waals surface area contributed by atoms with Crippen LogP contribution in [0.5, 0.6) is 5.75 Å². The van der Waals surface area contributed by atoms with Crippen molar-refractivity contribution in [3.05, 3.63) is 27.4 Å². The van der Waals surface area contributed by atoms with E-state index in [1.807, 2.05) is 0 Å². The molecular weight excluding hydrogens is 267 g/mol. The van der Waals surface area contributed by atoms with Crippen LogP contribution in [0.1, 0.15) is 17.7 Å². The average Bonchev–Trinajstić information content (AvgIpc) is 2.12. The monoisotopic (exact) mass is 272 g/mol. The lowest BCUT2D eigenvalue weighted by molar-refractivity contribution is -0.391. The first-order chi connectivity index (χ1) is 8.11. The quantitative estimate of drug-likeness (QED) is 0.481. The maximum Gasteiger partial charge on any atom is 0.573 e. The molecule has 0 radical (unpaired) electrons. The molecule has 0 unspecified atom stereocenters. The van der Waals surface area contributed by atoms with Crippen molar-refractivity contribution in [2.24, 2.45) is 0 Å². The van der Waals surface area contributed by atoms with Gasteiger partial charge in [0.25, 0.3) is 6.43 Å². The van der Waals surface area contributed by atoms with Crippen LogP contribution in [-0.4, -0.2) is 16.3 Å². The summed E-state index contributed by atoms with van der Waals surface area (Å²) >= 11 is 0. The number of hydrogen-bond acceptors (Lipinski definition) is 4. The number of rotatable bonds is 3. The molecule has 0 N–H and O–H groups in total. The molecule has 0 aliphatic carbocycles. The van der Waals surface area contributed by atoms with Crippen molar-refractivity contribution in [2.45, 2.75) is 19.7 Å². The molecular formula is C8H5F5N2O3. The fraction of sp³-hybridized carbons (Fsp3) is 0.375. The molecule has 0 fully saturated rings. The normalized spacial score (nSPS) is 11.7. The highest BCUT2D eigenvalue weighted by Crippen LogP contribution is 2.38. The predicted molar refractivity (Wildman–Crippen MR) is 47.3 cm³/mol. The highest BCUT2D eigenvalue weighted by molar-refractivity contribution is 5.46. The Balaban J connectivity index is 3.44. The van der Waals surface area contributed by atoms with Gasteiger partial charge in [-0.25, -0.2) is 8.78 Å². The summed E-state index contributed by atoms with van der Waals surface area (Å²) in [5.74, 6) is -2.68. The van der Waals surface area contributed by atoms with Crippen LogP contribution in [0, 0.1) is 17.0 Å². The number of aryl methyl sites for hydroxylation is 1. The van der Waals surface area contributed by atoms with Gasteiger partial charge in [-0.05, 0) is 9.91 Å². The zero-order valence-electron chi connectivity index (χ0n) is 8.66. The Morgan fingerprint density at radius 2 is 2.00 bits per heavy atom. The summed E-state index contributed by atoms with van der Waals surface area (Å²) in [6.45, 7) is 1.12. The van der Waals surface area contributed by atoms with Crippen molar-refractivity contribution in [1.29, 1.82) is 0 Å². The molecule has 0 atom stereocenters. The van der Waals surface area contributed by atoms with Crippen LogP contribution < -0.4 is 4.74 Å². The standard InChI is InChI=1S/C8H5F5N2O3/c1-3-2-4(18-8(11,12)13)5(6(9)10)7(14-3)15(16)17/h2,6H,1H3. The molecule has 0 saturated carbocycles. The van der Waals surface area contributed by atoms with Gasteiger partial charge in [-0.2, -0.15) is 0 Å². The van der Waals surface area contributed by atoms with E-state index in [2.05, 4.69) is 9.72 Å². The third-order valence-corrected chi connectivity index (χ3v) is 1.75. The Morgan fingerprint density at radius 3 is 2.39 bits per heavy atom. The van der Waals surface area contributed by atoms with Gasteiger partial charge in [0.2, 0.25) is 0 Å². The first kappa shape index (κ1) is 14.1. The number of hydrogen-bond donors (Lipinski definition) is 0. The molecule has 5 nitrogen and oxygen atoms in total. The van der Waals surface area contributed by atoms with Crippen LogP contribution in [0.25, 0.3) is 0 Å². The van der Waals surface area contributed by atoms with Crippen molar-refractivity contribution >= 4 is 5.82 Å². The van der Waals surface area contributed by atoms with Gasteiger partial charge in [-0.3, -0.25) is 0 Å². The van der Waals surface area contributed by atoms with Gasteiger partial charge in [0.15, 0.2) is 17.0 Å². The highest BCUT2D eigenvalue weighted by Gasteiger charge is 2.37. The highest BCUT2D eigenvalue weighted by atomic mass is 19.4. The van der Waals surface area contributed by atoms with Crippen LogP contribution in [0.15, 0.2) is 6.07 Å². The molecule has 0 aliphatic heterocycles. The van der Waals surface area contributed by atoms with E-state index in [9.17, 15) is 32.1 Å². The largest absolute Gasteiger partial charge is 0.573 e. The van der Waals surface area contributed by atoms with Crippen molar-refractivity contribution in [3.63, 3.8) is 0 Å². The van der Waals surface area contributed by atoms with Crippen molar-refractivity contribution < 1.29 is 31.6 Å². The van der Waals surface area contributed by atoms with E-state index in [1.165, 1.54) is 0 Å². The summed E-state index contributed by atoms with van der Waals surface area (Å²) in [6, 6.07) is 0.558. The van der Waals surface area contributed by atoms with E-state index in [1.54, 1.807) is 0 Å². The SMILES string of the molecule is Cc1cc(OC(F)(F)F)c(C(F)F)c([N+](=O)[O-])n1. The Labute approximate surface area is 96.3 Å². The predicted octanol–water partition coefficient (Wildman–Crippen LogP) is 3.13. The second-order valence-electron chi connectivity index (χ2n) is 3.10. The van der Waals surface area contributed by atoms with E-state index in [0.717, 1.165) is 6.92 Å². The van der Waals surface area contributed by atoms with Gasteiger partial charge >= 0.3 is 12.2 Å². The molecule has 1 aromatic rings. The average molecular weight is 272 g/mol. The number of nitrogens with zero attached hydrogens (tertiary/aromatic N) is 2. The lowest BCUT2D eigenvalue weighted by atomic mass is 10.2. The van der Waals surface area contributed by atoms with Crippen molar-refractivity contribution in [2.75, 3.05) is 0 Å². The molecule has 0 bridgehead atoms. The van der Waals surface area contributed by atoms with Gasteiger partial charge in [0.05, 0.1) is 0 Å². The summed E-state index contributed by atoms with van der Waals surface area (Å²) in [5, 5.41) is 10.5. The van der Waals surface area contributed by atoms with E-state index in [0.29, 0.717) is 6.07 Å². The minimum Gasteiger partial charge on any atom is -0.405 e. The zero-order chi connectivity index (χ0) is 14.1. The Morgan fingerprint density at radius 1 is 1.44 bits per heavy atom.